The number of carbonyl (C=O) groups excluding carboxylic acids is 3. The number of hydrogen-bond acceptors (Lipinski definition) is 7. The third-order valence-electron chi connectivity index (χ3n) is 7.55. The molecule has 3 amide bonds. The zero-order valence-corrected chi connectivity index (χ0v) is 24.3. The second-order valence-corrected chi connectivity index (χ2v) is 10.6. The van der Waals surface area contributed by atoms with E-state index in [0.717, 1.165) is 11.1 Å². The third kappa shape index (κ3) is 5.26. The molecule has 2 aliphatic rings. The lowest BCUT2D eigenvalue weighted by Gasteiger charge is -2.38. The fourth-order valence-corrected chi connectivity index (χ4v) is 5.62. The van der Waals surface area contributed by atoms with Crippen LogP contribution in [0.25, 0.3) is 6.08 Å². The number of piperazine rings is 1. The second-order valence-electron chi connectivity index (χ2n) is 10.2. The van der Waals surface area contributed by atoms with E-state index in [-0.39, 0.29) is 22.3 Å². The van der Waals surface area contributed by atoms with Crippen molar-refractivity contribution in [3.63, 3.8) is 0 Å². The Morgan fingerprint density at radius 1 is 0.833 bits per heavy atom. The van der Waals surface area contributed by atoms with E-state index in [1.165, 1.54) is 34.9 Å². The first-order valence-corrected chi connectivity index (χ1v) is 13.8. The smallest absolute Gasteiger partial charge is 0.270 e. The Hall–Kier alpha value is -4.90. The molecule has 0 atom stereocenters. The van der Waals surface area contributed by atoms with Gasteiger partial charge in [-0.05, 0) is 61.5 Å². The molecule has 2 aliphatic heterocycles. The van der Waals surface area contributed by atoms with Gasteiger partial charge < -0.3 is 9.80 Å². The average molecular weight is 584 g/mol. The molecule has 0 unspecified atom stereocenters. The fraction of sp³-hybridized carbons (Fsp3) is 0.226. The van der Waals surface area contributed by atoms with Gasteiger partial charge in [0.05, 0.1) is 16.3 Å². The molecule has 0 aliphatic carbocycles. The normalized spacial score (nSPS) is 15.8. The van der Waals surface area contributed by atoms with Crippen molar-refractivity contribution in [1.29, 1.82) is 0 Å². The Balaban J connectivity index is 1.67. The minimum absolute atomic E-state index is 0.0189. The van der Waals surface area contributed by atoms with Gasteiger partial charge in [0.2, 0.25) is 5.91 Å². The number of non-ortho nitro benzene ring substituents is 1. The highest BCUT2D eigenvalue weighted by atomic mass is 32.1. The van der Waals surface area contributed by atoms with Crippen LogP contribution >= 0.6 is 12.2 Å². The number of nitro benzene ring substituents is 1. The van der Waals surface area contributed by atoms with Crippen molar-refractivity contribution in [2.24, 2.45) is 0 Å². The van der Waals surface area contributed by atoms with Crippen LogP contribution in [0, 0.1) is 24.0 Å². The van der Waals surface area contributed by atoms with Gasteiger partial charge in [0, 0.05) is 56.5 Å². The van der Waals surface area contributed by atoms with E-state index in [9.17, 15) is 24.5 Å². The van der Waals surface area contributed by atoms with E-state index in [1.54, 1.807) is 35.2 Å². The number of carbonyl (C=O) groups is 3. The van der Waals surface area contributed by atoms with Crippen LogP contribution in [0.2, 0.25) is 0 Å². The van der Waals surface area contributed by atoms with Gasteiger partial charge in [-0.1, -0.05) is 36.4 Å². The zero-order chi connectivity index (χ0) is 30.1. The molecule has 0 spiro atoms. The molecule has 2 saturated heterocycles. The van der Waals surface area contributed by atoms with Crippen LogP contribution in [0.15, 0.2) is 72.3 Å². The summed E-state index contributed by atoms with van der Waals surface area (Å²) in [5.74, 6) is -1.27. The first kappa shape index (κ1) is 28.6. The summed E-state index contributed by atoms with van der Waals surface area (Å²) in [6, 6.07) is 18.9. The number of rotatable bonds is 5. The van der Waals surface area contributed by atoms with E-state index in [4.69, 9.17) is 12.2 Å². The third-order valence-corrected chi connectivity index (χ3v) is 7.91. The molecule has 11 heteroatoms. The molecular weight excluding hydrogens is 554 g/mol. The summed E-state index contributed by atoms with van der Waals surface area (Å²) in [4.78, 5) is 57.7. The van der Waals surface area contributed by atoms with Gasteiger partial charge in [0.25, 0.3) is 17.5 Å². The van der Waals surface area contributed by atoms with Gasteiger partial charge in [-0.15, -0.1) is 0 Å². The van der Waals surface area contributed by atoms with E-state index < -0.39 is 16.7 Å². The van der Waals surface area contributed by atoms with Crippen molar-refractivity contribution in [2.45, 2.75) is 20.8 Å². The van der Waals surface area contributed by atoms with Crippen LogP contribution in [0.5, 0.6) is 0 Å². The fourth-order valence-electron chi connectivity index (χ4n) is 5.26. The minimum atomic E-state index is -0.622. The number of aryl methyl sites for hydroxylation is 2. The van der Waals surface area contributed by atoms with E-state index in [0.29, 0.717) is 48.8 Å². The standard InChI is InChI=1S/C31H29N5O5S/c1-20-8-4-6-10-26(20)34-29(38)25(30(39)35(31(34)42)27-11-7-5-9-21(27)2)19-23-18-24(36(40)41)12-13-28(23)33-16-14-32(15-17-33)22(3)37/h4-13,18-19H,14-17H2,1-3H3. The molecule has 5 rings (SSSR count). The lowest BCUT2D eigenvalue weighted by Crippen LogP contribution is -2.57. The first-order valence-electron chi connectivity index (χ1n) is 13.4. The highest BCUT2D eigenvalue weighted by molar-refractivity contribution is 7.81. The number of benzene rings is 3. The van der Waals surface area contributed by atoms with Crippen LogP contribution in [0.3, 0.4) is 0 Å². The van der Waals surface area contributed by atoms with Gasteiger partial charge >= 0.3 is 0 Å². The van der Waals surface area contributed by atoms with Crippen LogP contribution in [-0.4, -0.2) is 58.8 Å². The topological polar surface area (TPSA) is 107 Å². The number of anilines is 3. The van der Waals surface area contributed by atoms with Crippen molar-refractivity contribution in [3.05, 3.63) is 99.1 Å². The lowest BCUT2D eigenvalue weighted by molar-refractivity contribution is -0.384. The molecule has 42 heavy (non-hydrogen) atoms. The SMILES string of the molecule is CC(=O)N1CCN(c2ccc([N+](=O)[O-])cc2C=C2C(=O)N(c3ccccc3C)C(=S)N(c3ccccc3C)C2=O)CC1. The number of thiocarbonyl (C=S) groups is 1. The van der Waals surface area contributed by atoms with E-state index in [1.807, 2.05) is 43.0 Å². The molecular formula is C31H29N5O5S. The van der Waals surface area contributed by atoms with Gasteiger partial charge in [-0.2, -0.15) is 0 Å². The summed E-state index contributed by atoms with van der Waals surface area (Å²) in [7, 11) is 0. The lowest BCUT2D eigenvalue weighted by atomic mass is 10.0. The maximum atomic E-state index is 14.1. The van der Waals surface area contributed by atoms with Gasteiger partial charge in [-0.25, -0.2) is 0 Å². The maximum absolute atomic E-state index is 14.1. The molecule has 214 valence electrons. The quantitative estimate of drug-likeness (QED) is 0.142. The number of amides is 3. The highest BCUT2D eigenvalue weighted by Gasteiger charge is 2.42. The Labute approximate surface area is 248 Å². The summed E-state index contributed by atoms with van der Waals surface area (Å²) in [6.07, 6.45) is 1.42. The van der Waals surface area contributed by atoms with Gasteiger partial charge in [0.15, 0.2) is 5.11 Å². The summed E-state index contributed by atoms with van der Waals surface area (Å²) < 4.78 is 0. The molecule has 0 radical (unpaired) electrons. The summed E-state index contributed by atoms with van der Waals surface area (Å²) in [5, 5.41) is 11.8. The van der Waals surface area contributed by atoms with E-state index in [2.05, 4.69) is 0 Å². The molecule has 10 nitrogen and oxygen atoms in total. The first-order chi connectivity index (χ1) is 20.1. The molecule has 2 fully saturated rings. The van der Waals surface area contributed by atoms with Crippen LogP contribution in [0.4, 0.5) is 22.7 Å². The van der Waals surface area contributed by atoms with Crippen molar-refractivity contribution in [2.75, 3.05) is 40.9 Å². The van der Waals surface area contributed by atoms with Crippen LogP contribution in [-0.2, 0) is 14.4 Å². The molecule has 3 aromatic rings. The molecule has 2 heterocycles. The maximum Gasteiger partial charge on any atom is 0.270 e. The van der Waals surface area contributed by atoms with E-state index >= 15 is 0 Å². The average Bonchev–Trinajstić information content (AvgIpc) is 2.97. The number of nitro groups is 1. The Bertz CT molecular complexity index is 1590. The molecule has 0 N–H and O–H groups in total. The van der Waals surface area contributed by atoms with Crippen molar-refractivity contribution in [1.82, 2.24) is 4.90 Å². The molecule has 0 aromatic heterocycles. The number of hydrogen-bond donors (Lipinski definition) is 0. The Morgan fingerprint density at radius 2 is 1.36 bits per heavy atom. The minimum Gasteiger partial charge on any atom is -0.367 e. The van der Waals surface area contributed by atoms with Gasteiger partial charge in [0.1, 0.15) is 5.57 Å². The monoisotopic (exact) mass is 583 g/mol. The van der Waals surface area contributed by atoms with Crippen LogP contribution in [0.1, 0.15) is 23.6 Å². The van der Waals surface area contributed by atoms with Crippen molar-refractivity contribution >= 4 is 63.9 Å². The number of para-hydroxylation sites is 2. The zero-order valence-electron chi connectivity index (χ0n) is 23.4. The predicted molar refractivity (Wildman–Crippen MR) is 165 cm³/mol. The highest BCUT2D eigenvalue weighted by Crippen LogP contribution is 2.35. The van der Waals surface area contributed by atoms with Gasteiger partial charge in [-0.3, -0.25) is 34.3 Å². The predicted octanol–water partition coefficient (Wildman–Crippen LogP) is 4.63. The molecule has 0 saturated carbocycles. The molecule has 3 aromatic carbocycles. The molecule has 0 bridgehead atoms. The Kier molecular flexibility index (Phi) is 7.86. The number of nitrogens with zero attached hydrogens (tertiary/aromatic N) is 5. The summed E-state index contributed by atoms with van der Waals surface area (Å²) >= 11 is 5.77. The second kappa shape index (κ2) is 11.5. The summed E-state index contributed by atoms with van der Waals surface area (Å²) in [6.45, 7) is 7.16. The van der Waals surface area contributed by atoms with Crippen molar-refractivity contribution < 1.29 is 19.3 Å². The van der Waals surface area contributed by atoms with Crippen LogP contribution < -0.4 is 14.7 Å². The summed E-state index contributed by atoms with van der Waals surface area (Å²) in [5.41, 5.74) is 3.24. The largest absolute Gasteiger partial charge is 0.367 e. The Morgan fingerprint density at radius 3 is 1.83 bits per heavy atom. The van der Waals surface area contributed by atoms with Crippen molar-refractivity contribution in [3.8, 4) is 0 Å².